The smallest absolute Gasteiger partial charge is 0.394 e. The number of carbonyl (C=O) groups excluding carboxylic acids is 1. The summed E-state index contributed by atoms with van der Waals surface area (Å²) in [7, 11) is 0. The summed E-state index contributed by atoms with van der Waals surface area (Å²) < 4.78 is 39.0. The SMILES string of the molecule is CC(Cc1ccc(Cl)cc1Cl)C(=O)N1C[C@@H](C(F)(F)F)[C@H](C(=O)O)C1. The number of halogens is 5. The molecule has 1 aromatic carbocycles. The molecule has 1 heterocycles. The van der Waals surface area contributed by atoms with E-state index in [0.717, 1.165) is 4.90 Å². The Morgan fingerprint density at radius 3 is 2.44 bits per heavy atom. The number of benzene rings is 1. The Kier molecular flexibility index (Phi) is 5.89. The Balaban J connectivity index is 2.10. The highest BCUT2D eigenvalue weighted by molar-refractivity contribution is 6.35. The molecule has 0 aliphatic carbocycles. The molecule has 0 radical (unpaired) electrons. The van der Waals surface area contributed by atoms with E-state index in [2.05, 4.69) is 0 Å². The van der Waals surface area contributed by atoms with Crippen LogP contribution in [-0.2, 0) is 16.0 Å². The van der Waals surface area contributed by atoms with Crippen molar-refractivity contribution in [3.8, 4) is 0 Å². The monoisotopic (exact) mass is 397 g/mol. The standard InChI is InChI=1S/C16H16Cl2F3NO3/c1-8(4-9-2-3-10(17)5-13(9)18)14(23)22-6-11(15(24)25)12(7-22)16(19,20)21/h2-3,5,8,11-12H,4,6-7H2,1H3,(H,24,25)/t8?,11-,12-/m1/s1. The van der Waals surface area contributed by atoms with Gasteiger partial charge in [-0.3, -0.25) is 9.59 Å². The van der Waals surface area contributed by atoms with Crippen LogP contribution in [-0.4, -0.2) is 41.1 Å². The van der Waals surface area contributed by atoms with Crippen LogP contribution in [0.15, 0.2) is 18.2 Å². The van der Waals surface area contributed by atoms with Crippen molar-refractivity contribution in [1.29, 1.82) is 0 Å². The van der Waals surface area contributed by atoms with Crippen LogP contribution in [0.4, 0.5) is 13.2 Å². The number of aliphatic carboxylic acids is 1. The normalized spacial score (nSPS) is 22.1. The van der Waals surface area contributed by atoms with E-state index in [1.54, 1.807) is 19.1 Å². The van der Waals surface area contributed by atoms with Gasteiger partial charge in [-0.15, -0.1) is 0 Å². The molecule has 1 aliphatic heterocycles. The van der Waals surface area contributed by atoms with Gasteiger partial charge in [0.15, 0.2) is 0 Å². The van der Waals surface area contributed by atoms with Gasteiger partial charge in [0.25, 0.3) is 0 Å². The Hall–Kier alpha value is -1.47. The van der Waals surface area contributed by atoms with Crippen molar-refractivity contribution in [1.82, 2.24) is 4.90 Å². The number of alkyl halides is 3. The molecule has 1 amide bonds. The van der Waals surface area contributed by atoms with Crippen LogP contribution in [0, 0.1) is 17.8 Å². The summed E-state index contributed by atoms with van der Waals surface area (Å²) in [5.74, 6) is -6.41. The van der Waals surface area contributed by atoms with Gasteiger partial charge < -0.3 is 10.0 Å². The van der Waals surface area contributed by atoms with Gasteiger partial charge in [-0.1, -0.05) is 36.2 Å². The fourth-order valence-electron chi connectivity index (χ4n) is 2.98. The summed E-state index contributed by atoms with van der Waals surface area (Å²) in [4.78, 5) is 24.5. The van der Waals surface area contributed by atoms with Crippen LogP contribution in [0.1, 0.15) is 12.5 Å². The number of rotatable bonds is 4. The Bertz CT molecular complexity index is 681. The summed E-state index contributed by atoms with van der Waals surface area (Å²) in [6.45, 7) is 0.485. The average Bonchev–Trinajstić information content (AvgIpc) is 2.94. The van der Waals surface area contributed by atoms with Crippen LogP contribution in [0.3, 0.4) is 0 Å². The van der Waals surface area contributed by atoms with E-state index in [1.165, 1.54) is 6.07 Å². The van der Waals surface area contributed by atoms with Gasteiger partial charge in [0.05, 0.1) is 11.8 Å². The molecule has 1 saturated heterocycles. The molecular formula is C16H16Cl2F3NO3. The molecule has 1 fully saturated rings. The van der Waals surface area contributed by atoms with Crippen molar-refractivity contribution in [2.24, 2.45) is 17.8 Å². The molecule has 1 aromatic rings. The maximum atomic E-state index is 13.0. The minimum Gasteiger partial charge on any atom is -0.481 e. The second-order valence-corrected chi connectivity index (χ2v) is 7.02. The summed E-state index contributed by atoms with van der Waals surface area (Å²) in [6, 6.07) is 4.78. The third-order valence-corrected chi connectivity index (χ3v) is 4.92. The first-order valence-corrected chi connectivity index (χ1v) is 8.28. The van der Waals surface area contributed by atoms with Crippen molar-refractivity contribution in [2.75, 3.05) is 13.1 Å². The molecule has 0 saturated carbocycles. The Morgan fingerprint density at radius 2 is 1.96 bits per heavy atom. The zero-order chi connectivity index (χ0) is 18.9. The van der Waals surface area contributed by atoms with E-state index in [-0.39, 0.29) is 6.42 Å². The van der Waals surface area contributed by atoms with Crippen LogP contribution in [0.25, 0.3) is 0 Å². The van der Waals surface area contributed by atoms with Crippen molar-refractivity contribution < 1.29 is 27.9 Å². The first kappa shape index (κ1) is 19.8. The second kappa shape index (κ2) is 7.41. The number of hydrogen-bond acceptors (Lipinski definition) is 2. The molecule has 2 rings (SSSR count). The van der Waals surface area contributed by atoms with Gasteiger partial charge in [0.2, 0.25) is 5.91 Å². The molecule has 0 aromatic heterocycles. The number of nitrogens with zero attached hydrogens (tertiary/aromatic N) is 1. The molecular weight excluding hydrogens is 382 g/mol. The zero-order valence-electron chi connectivity index (χ0n) is 13.2. The molecule has 0 bridgehead atoms. The summed E-state index contributed by atoms with van der Waals surface area (Å²) in [5.41, 5.74) is 0.647. The molecule has 0 spiro atoms. The molecule has 1 unspecified atom stereocenters. The highest BCUT2D eigenvalue weighted by Gasteiger charge is 2.53. The number of carboxylic acids is 1. The summed E-state index contributed by atoms with van der Waals surface area (Å²) in [6.07, 6.45) is -4.44. The minimum absolute atomic E-state index is 0.222. The molecule has 3 atom stereocenters. The van der Waals surface area contributed by atoms with Crippen LogP contribution >= 0.6 is 23.2 Å². The summed E-state index contributed by atoms with van der Waals surface area (Å²) >= 11 is 11.9. The zero-order valence-corrected chi connectivity index (χ0v) is 14.7. The van der Waals surface area contributed by atoms with Crippen LogP contribution in [0.5, 0.6) is 0 Å². The predicted octanol–water partition coefficient (Wildman–Crippen LogP) is 3.89. The molecule has 1 N–H and O–H groups in total. The van der Waals surface area contributed by atoms with Crippen molar-refractivity contribution in [2.45, 2.75) is 19.5 Å². The number of carboxylic acid groups (broad SMARTS) is 1. The van der Waals surface area contributed by atoms with E-state index in [0.29, 0.717) is 15.6 Å². The van der Waals surface area contributed by atoms with Gasteiger partial charge in [-0.25, -0.2) is 0 Å². The van der Waals surface area contributed by atoms with Crippen molar-refractivity contribution in [3.05, 3.63) is 33.8 Å². The summed E-state index contributed by atoms with van der Waals surface area (Å²) in [5, 5.41) is 9.82. The Morgan fingerprint density at radius 1 is 1.32 bits per heavy atom. The van der Waals surface area contributed by atoms with Crippen molar-refractivity contribution >= 4 is 35.1 Å². The van der Waals surface area contributed by atoms with E-state index in [1.807, 2.05) is 0 Å². The van der Waals surface area contributed by atoms with Gasteiger partial charge in [-0.2, -0.15) is 13.2 Å². The lowest BCUT2D eigenvalue weighted by atomic mass is 9.96. The lowest BCUT2D eigenvalue weighted by Crippen LogP contribution is -2.36. The first-order chi connectivity index (χ1) is 11.5. The number of likely N-dealkylation sites (tertiary alicyclic amines) is 1. The Labute approximate surface area is 152 Å². The van der Waals surface area contributed by atoms with E-state index in [9.17, 15) is 22.8 Å². The quantitative estimate of drug-likeness (QED) is 0.837. The molecule has 9 heteroatoms. The fourth-order valence-corrected chi connectivity index (χ4v) is 3.47. The number of amides is 1. The highest BCUT2D eigenvalue weighted by atomic mass is 35.5. The van der Waals surface area contributed by atoms with Crippen molar-refractivity contribution in [3.63, 3.8) is 0 Å². The lowest BCUT2D eigenvalue weighted by Gasteiger charge is -2.22. The highest BCUT2D eigenvalue weighted by Crippen LogP contribution is 2.38. The molecule has 25 heavy (non-hydrogen) atoms. The van der Waals surface area contributed by atoms with Gasteiger partial charge in [-0.05, 0) is 24.1 Å². The van der Waals surface area contributed by atoms with Gasteiger partial charge in [0, 0.05) is 29.1 Å². The number of carbonyl (C=O) groups is 2. The molecule has 138 valence electrons. The second-order valence-electron chi connectivity index (χ2n) is 6.18. The topological polar surface area (TPSA) is 57.6 Å². The third kappa shape index (κ3) is 4.58. The van der Waals surface area contributed by atoms with Crippen LogP contribution in [0.2, 0.25) is 10.0 Å². The molecule has 1 aliphatic rings. The third-order valence-electron chi connectivity index (χ3n) is 4.33. The first-order valence-electron chi connectivity index (χ1n) is 7.53. The van der Waals surface area contributed by atoms with E-state index < -0.39 is 48.9 Å². The van der Waals surface area contributed by atoms with Gasteiger partial charge in [0.1, 0.15) is 0 Å². The average molecular weight is 398 g/mol. The maximum Gasteiger partial charge on any atom is 0.394 e. The molecule has 4 nitrogen and oxygen atoms in total. The minimum atomic E-state index is -4.67. The van der Waals surface area contributed by atoms with Gasteiger partial charge >= 0.3 is 12.1 Å². The predicted molar refractivity (Wildman–Crippen MR) is 86.6 cm³/mol. The van der Waals surface area contributed by atoms with E-state index in [4.69, 9.17) is 28.3 Å². The largest absolute Gasteiger partial charge is 0.481 e. The number of hydrogen-bond donors (Lipinski definition) is 1. The lowest BCUT2D eigenvalue weighted by molar-refractivity contribution is -0.188. The van der Waals surface area contributed by atoms with E-state index >= 15 is 0 Å². The fraction of sp³-hybridized carbons (Fsp3) is 0.500. The van der Waals surface area contributed by atoms with Crippen LogP contribution < -0.4 is 0 Å². The maximum absolute atomic E-state index is 13.0.